The molecule has 0 aliphatic carbocycles. The molecule has 3 nitrogen and oxygen atoms in total. The Bertz CT molecular complexity index is 489. The lowest BCUT2D eigenvalue weighted by molar-refractivity contribution is -0.120. The summed E-state index contributed by atoms with van der Waals surface area (Å²) in [5.41, 5.74) is 0.218. The lowest BCUT2D eigenvalue weighted by Gasteiger charge is -2.34. The smallest absolute Gasteiger partial charge is 0.233 e. The monoisotopic (exact) mass is 326 g/mol. The van der Waals surface area contributed by atoms with E-state index in [9.17, 15) is 4.79 Å². The zero-order valence-corrected chi connectivity index (χ0v) is 14.2. The number of halogens is 1. The van der Waals surface area contributed by atoms with Crippen LogP contribution in [0.25, 0.3) is 0 Å². The quantitative estimate of drug-likeness (QED) is 0.815. The van der Waals surface area contributed by atoms with Crippen molar-refractivity contribution in [2.75, 3.05) is 19.6 Å². The van der Waals surface area contributed by atoms with E-state index in [4.69, 9.17) is 11.6 Å². The number of nitrogens with one attached hydrogen (secondary N) is 2. The number of benzene rings is 1. The minimum atomic E-state index is -0.143. The number of amides is 1. The molecule has 116 valence electrons. The van der Waals surface area contributed by atoms with Crippen LogP contribution in [0.1, 0.15) is 26.7 Å². The van der Waals surface area contributed by atoms with Gasteiger partial charge in [0.2, 0.25) is 5.91 Å². The van der Waals surface area contributed by atoms with Crippen LogP contribution in [0.15, 0.2) is 29.2 Å². The minimum absolute atomic E-state index is 0.0830. The summed E-state index contributed by atoms with van der Waals surface area (Å²) in [5, 5.41) is 7.02. The Morgan fingerprint density at radius 2 is 2.10 bits per heavy atom. The summed E-state index contributed by atoms with van der Waals surface area (Å²) in [6.45, 7) is 7.00. The molecule has 0 saturated carbocycles. The third-order valence-electron chi connectivity index (χ3n) is 4.01. The molecule has 0 spiro atoms. The van der Waals surface area contributed by atoms with Crippen LogP contribution in [-0.4, -0.2) is 30.8 Å². The highest BCUT2D eigenvalue weighted by Crippen LogP contribution is 2.30. The van der Waals surface area contributed by atoms with E-state index in [0.717, 1.165) is 37.4 Å². The second kappa shape index (κ2) is 7.52. The van der Waals surface area contributed by atoms with Crippen molar-refractivity contribution in [1.82, 2.24) is 10.6 Å². The van der Waals surface area contributed by atoms with Gasteiger partial charge in [-0.25, -0.2) is 0 Å². The molecule has 1 atom stereocenters. The first-order valence-corrected chi connectivity index (χ1v) is 8.66. The third-order valence-corrected chi connectivity index (χ3v) is 5.63. The first-order valence-electron chi connectivity index (χ1n) is 7.40. The summed E-state index contributed by atoms with van der Waals surface area (Å²) in [5.74, 6) is 0.0830. The number of thioether (sulfide) groups is 1. The Kier molecular flexibility index (Phi) is 5.97. The molecule has 1 amide bonds. The molecule has 1 aliphatic rings. The highest BCUT2D eigenvalue weighted by molar-refractivity contribution is 8.00. The maximum atomic E-state index is 12.3. The fourth-order valence-corrected chi connectivity index (χ4v) is 3.61. The molecule has 1 saturated heterocycles. The molecule has 1 aliphatic heterocycles. The van der Waals surface area contributed by atoms with Crippen molar-refractivity contribution in [2.24, 2.45) is 5.41 Å². The van der Waals surface area contributed by atoms with Crippen LogP contribution in [0, 0.1) is 5.41 Å². The zero-order valence-electron chi connectivity index (χ0n) is 12.6. The van der Waals surface area contributed by atoms with Crippen LogP contribution in [0.3, 0.4) is 0 Å². The molecule has 1 heterocycles. The van der Waals surface area contributed by atoms with Crippen LogP contribution in [0.4, 0.5) is 0 Å². The number of piperidine rings is 1. The first-order chi connectivity index (χ1) is 10.0. The summed E-state index contributed by atoms with van der Waals surface area (Å²) < 4.78 is 0. The lowest BCUT2D eigenvalue weighted by Crippen LogP contribution is -2.44. The molecule has 1 aromatic carbocycles. The lowest BCUT2D eigenvalue weighted by atomic mass is 9.81. The van der Waals surface area contributed by atoms with Crippen molar-refractivity contribution in [3.63, 3.8) is 0 Å². The van der Waals surface area contributed by atoms with E-state index in [0.29, 0.717) is 5.02 Å². The molecule has 1 fully saturated rings. The van der Waals surface area contributed by atoms with Crippen LogP contribution < -0.4 is 10.6 Å². The van der Waals surface area contributed by atoms with Crippen molar-refractivity contribution in [2.45, 2.75) is 36.8 Å². The molecule has 5 heteroatoms. The predicted molar refractivity (Wildman–Crippen MR) is 90.0 cm³/mol. The topological polar surface area (TPSA) is 41.1 Å². The van der Waals surface area contributed by atoms with Crippen LogP contribution >= 0.6 is 23.4 Å². The Labute approximate surface area is 136 Å². The van der Waals surface area contributed by atoms with E-state index >= 15 is 0 Å². The van der Waals surface area contributed by atoms with E-state index in [-0.39, 0.29) is 16.6 Å². The van der Waals surface area contributed by atoms with Crippen molar-refractivity contribution in [3.05, 3.63) is 29.3 Å². The summed E-state index contributed by atoms with van der Waals surface area (Å²) in [4.78, 5) is 13.2. The number of carbonyl (C=O) groups is 1. The number of rotatable bonds is 5. The van der Waals surface area contributed by atoms with E-state index in [1.54, 1.807) is 0 Å². The Hall–Kier alpha value is -0.710. The molecule has 21 heavy (non-hydrogen) atoms. The van der Waals surface area contributed by atoms with Crippen molar-refractivity contribution in [1.29, 1.82) is 0 Å². The molecule has 1 aromatic rings. The molecule has 0 aromatic heterocycles. The average molecular weight is 327 g/mol. The molecule has 0 radical (unpaired) electrons. The van der Waals surface area contributed by atoms with E-state index in [1.165, 1.54) is 11.8 Å². The molecule has 2 rings (SSSR count). The van der Waals surface area contributed by atoms with Gasteiger partial charge in [-0.2, -0.15) is 0 Å². The van der Waals surface area contributed by atoms with Gasteiger partial charge in [0.1, 0.15) is 0 Å². The summed E-state index contributed by atoms with van der Waals surface area (Å²) in [7, 11) is 0. The van der Waals surface area contributed by atoms with E-state index in [1.807, 2.05) is 31.2 Å². The third kappa shape index (κ3) is 4.90. The van der Waals surface area contributed by atoms with Gasteiger partial charge in [-0.05, 0) is 50.4 Å². The van der Waals surface area contributed by atoms with Gasteiger partial charge in [-0.1, -0.05) is 30.7 Å². The zero-order chi connectivity index (χ0) is 15.3. The first kappa shape index (κ1) is 16.7. The maximum Gasteiger partial charge on any atom is 0.233 e. The van der Waals surface area contributed by atoms with Crippen LogP contribution in [0.5, 0.6) is 0 Å². The van der Waals surface area contributed by atoms with Gasteiger partial charge in [0, 0.05) is 11.4 Å². The number of carbonyl (C=O) groups excluding carboxylic acids is 1. The molecule has 2 N–H and O–H groups in total. The van der Waals surface area contributed by atoms with Gasteiger partial charge >= 0.3 is 0 Å². The highest BCUT2D eigenvalue weighted by Gasteiger charge is 2.27. The van der Waals surface area contributed by atoms with Gasteiger partial charge < -0.3 is 10.6 Å². The Balaban J connectivity index is 1.84. The maximum absolute atomic E-state index is 12.3. The van der Waals surface area contributed by atoms with Gasteiger partial charge in [0.25, 0.3) is 0 Å². The van der Waals surface area contributed by atoms with Crippen LogP contribution in [-0.2, 0) is 4.79 Å². The van der Waals surface area contributed by atoms with Gasteiger partial charge in [0.15, 0.2) is 0 Å². The molecule has 0 bridgehead atoms. The van der Waals surface area contributed by atoms with Gasteiger partial charge in [0.05, 0.1) is 10.3 Å². The fraction of sp³-hybridized carbons (Fsp3) is 0.562. The second-order valence-electron chi connectivity index (χ2n) is 5.97. The van der Waals surface area contributed by atoms with Gasteiger partial charge in [-0.15, -0.1) is 11.8 Å². The number of hydrogen-bond donors (Lipinski definition) is 2. The second-order valence-corrected chi connectivity index (χ2v) is 7.76. The summed E-state index contributed by atoms with van der Waals surface area (Å²) in [6.07, 6.45) is 2.22. The molecule has 1 unspecified atom stereocenters. The van der Waals surface area contributed by atoms with E-state index in [2.05, 4.69) is 17.6 Å². The fourth-order valence-electron chi connectivity index (χ4n) is 2.44. The van der Waals surface area contributed by atoms with E-state index < -0.39 is 0 Å². The van der Waals surface area contributed by atoms with Crippen molar-refractivity contribution >= 4 is 29.3 Å². The largest absolute Gasteiger partial charge is 0.355 e. The van der Waals surface area contributed by atoms with Crippen LogP contribution in [0.2, 0.25) is 5.02 Å². The minimum Gasteiger partial charge on any atom is -0.355 e. The Morgan fingerprint density at radius 1 is 1.43 bits per heavy atom. The molecular weight excluding hydrogens is 304 g/mol. The Morgan fingerprint density at radius 3 is 2.76 bits per heavy atom. The van der Waals surface area contributed by atoms with Crippen molar-refractivity contribution in [3.8, 4) is 0 Å². The van der Waals surface area contributed by atoms with Gasteiger partial charge in [-0.3, -0.25) is 4.79 Å². The average Bonchev–Trinajstić information content (AvgIpc) is 2.48. The standard InChI is InChI=1S/C16H23ClN2OS/c1-12(21-14-6-4-3-5-13(14)17)15(20)19-11-16(2)7-9-18-10-8-16/h3-6,12,18H,7-11H2,1-2H3,(H,19,20). The summed E-state index contributed by atoms with van der Waals surface area (Å²) >= 11 is 7.64. The normalized spacial score (nSPS) is 19.0. The predicted octanol–water partition coefficient (Wildman–Crippen LogP) is 3.33. The van der Waals surface area contributed by atoms with Crippen molar-refractivity contribution < 1.29 is 4.79 Å². The SMILES string of the molecule is CC(Sc1ccccc1Cl)C(=O)NCC1(C)CCNCC1. The molecular formula is C16H23ClN2OS. The summed E-state index contributed by atoms with van der Waals surface area (Å²) in [6, 6.07) is 7.64. The highest BCUT2D eigenvalue weighted by atomic mass is 35.5. The number of hydrogen-bond acceptors (Lipinski definition) is 3.